The van der Waals surface area contributed by atoms with E-state index in [2.05, 4.69) is 10.1 Å². The van der Waals surface area contributed by atoms with E-state index in [1.165, 1.54) is 0 Å². The predicted molar refractivity (Wildman–Crippen MR) is 76.1 cm³/mol. The molecule has 0 aliphatic carbocycles. The van der Waals surface area contributed by atoms with Gasteiger partial charge in [-0.1, -0.05) is 5.16 Å². The summed E-state index contributed by atoms with van der Waals surface area (Å²) in [7, 11) is 0. The summed E-state index contributed by atoms with van der Waals surface area (Å²) in [5, 5.41) is 13.6. The SMILES string of the molecule is CCOCC(O)CN1CCN(C(=O)c2cc(C)no2)CC1. The van der Waals surface area contributed by atoms with Gasteiger partial charge in [0.1, 0.15) is 0 Å². The normalized spacial score (nSPS) is 18.0. The average molecular weight is 297 g/mol. The van der Waals surface area contributed by atoms with Crippen LogP contribution in [0, 0.1) is 6.92 Å². The van der Waals surface area contributed by atoms with Gasteiger partial charge in [0.2, 0.25) is 5.76 Å². The van der Waals surface area contributed by atoms with Crippen LogP contribution in [0.4, 0.5) is 0 Å². The summed E-state index contributed by atoms with van der Waals surface area (Å²) in [4.78, 5) is 16.1. The molecule has 1 amide bonds. The van der Waals surface area contributed by atoms with Gasteiger partial charge in [0.15, 0.2) is 0 Å². The Balaban J connectivity index is 1.76. The number of carbonyl (C=O) groups excluding carboxylic acids is 1. The first-order valence-electron chi connectivity index (χ1n) is 7.31. The third-order valence-corrected chi connectivity index (χ3v) is 3.48. The number of aliphatic hydroxyl groups excluding tert-OH is 1. The van der Waals surface area contributed by atoms with Crippen molar-refractivity contribution in [3.8, 4) is 0 Å². The molecule has 0 bridgehead atoms. The molecule has 7 heteroatoms. The Morgan fingerprint density at radius 3 is 2.76 bits per heavy atom. The van der Waals surface area contributed by atoms with Crippen molar-refractivity contribution in [3.05, 3.63) is 17.5 Å². The summed E-state index contributed by atoms with van der Waals surface area (Å²) in [5.41, 5.74) is 0.705. The van der Waals surface area contributed by atoms with Crippen molar-refractivity contribution in [3.63, 3.8) is 0 Å². The van der Waals surface area contributed by atoms with E-state index in [4.69, 9.17) is 9.26 Å². The van der Waals surface area contributed by atoms with E-state index in [0.29, 0.717) is 38.5 Å². The number of β-amino-alcohol motifs (C(OH)–C–C–N with tert-alkyl or cyclic N) is 1. The number of aromatic nitrogens is 1. The predicted octanol–water partition coefficient (Wildman–Crippen LogP) is 0.138. The van der Waals surface area contributed by atoms with Crippen LogP contribution in [0.3, 0.4) is 0 Å². The molecule has 2 heterocycles. The number of hydrogen-bond donors (Lipinski definition) is 1. The molecule has 1 aromatic heterocycles. The van der Waals surface area contributed by atoms with Gasteiger partial charge in [0.25, 0.3) is 5.91 Å². The Bertz CT molecular complexity index is 455. The van der Waals surface area contributed by atoms with Crippen molar-refractivity contribution in [1.29, 1.82) is 0 Å². The highest BCUT2D eigenvalue weighted by Crippen LogP contribution is 2.10. The summed E-state index contributed by atoms with van der Waals surface area (Å²) in [6.45, 7) is 7.95. The fourth-order valence-electron chi connectivity index (χ4n) is 2.36. The second kappa shape index (κ2) is 7.53. The number of hydrogen-bond acceptors (Lipinski definition) is 6. The molecule has 1 unspecified atom stereocenters. The van der Waals surface area contributed by atoms with E-state index in [9.17, 15) is 9.90 Å². The van der Waals surface area contributed by atoms with Gasteiger partial charge in [-0.15, -0.1) is 0 Å². The Labute approximate surface area is 124 Å². The molecule has 1 aliphatic heterocycles. The largest absolute Gasteiger partial charge is 0.389 e. The number of aryl methyl sites for hydroxylation is 1. The molecule has 1 aromatic rings. The molecule has 0 saturated carbocycles. The van der Waals surface area contributed by atoms with Gasteiger partial charge in [-0.05, 0) is 13.8 Å². The molecule has 0 radical (unpaired) electrons. The van der Waals surface area contributed by atoms with Gasteiger partial charge >= 0.3 is 0 Å². The first-order chi connectivity index (χ1) is 10.1. The lowest BCUT2D eigenvalue weighted by atomic mass is 10.2. The summed E-state index contributed by atoms with van der Waals surface area (Å²) in [6, 6.07) is 1.65. The van der Waals surface area contributed by atoms with Crippen LogP contribution in [0.25, 0.3) is 0 Å². The van der Waals surface area contributed by atoms with Crippen LogP contribution >= 0.6 is 0 Å². The van der Waals surface area contributed by atoms with Crippen molar-refractivity contribution in [1.82, 2.24) is 15.0 Å². The van der Waals surface area contributed by atoms with Crippen LogP contribution in [-0.4, -0.2) is 78.0 Å². The first kappa shape index (κ1) is 15.9. The fraction of sp³-hybridized carbons (Fsp3) is 0.714. The van der Waals surface area contributed by atoms with E-state index in [1.54, 1.807) is 17.9 Å². The van der Waals surface area contributed by atoms with Crippen molar-refractivity contribution in [2.24, 2.45) is 0 Å². The highest BCUT2D eigenvalue weighted by atomic mass is 16.5. The summed E-state index contributed by atoms with van der Waals surface area (Å²) in [6.07, 6.45) is -0.482. The highest BCUT2D eigenvalue weighted by molar-refractivity contribution is 5.91. The third-order valence-electron chi connectivity index (χ3n) is 3.48. The lowest BCUT2D eigenvalue weighted by molar-refractivity contribution is 0.0106. The van der Waals surface area contributed by atoms with Crippen molar-refractivity contribution < 1.29 is 19.2 Å². The zero-order valence-electron chi connectivity index (χ0n) is 12.6. The van der Waals surface area contributed by atoms with Crippen molar-refractivity contribution in [2.45, 2.75) is 20.0 Å². The van der Waals surface area contributed by atoms with Gasteiger partial charge in [0, 0.05) is 45.4 Å². The molecule has 1 fully saturated rings. The zero-order valence-corrected chi connectivity index (χ0v) is 12.6. The molecular formula is C14H23N3O4. The maximum Gasteiger partial charge on any atom is 0.292 e. The molecule has 0 spiro atoms. The quantitative estimate of drug-likeness (QED) is 0.804. The van der Waals surface area contributed by atoms with E-state index in [-0.39, 0.29) is 11.7 Å². The van der Waals surface area contributed by atoms with Crippen LogP contribution in [0.2, 0.25) is 0 Å². The second-order valence-corrected chi connectivity index (χ2v) is 5.24. The molecule has 1 saturated heterocycles. The van der Waals surface area contributed by atoms with Crippen LogP contribution in [-0.2, 0) is 4.74 Å². The minimum absolute atomic E-state index is 0.120. The van der Waals surface area contributed by atoms with Crippen LogP contribution in [0.15, 0.2) is 10.6 Å². The molecule has 1 aliphatic rings. The second-order valence-electron chi connectivity index (χ2n) is 5.24. The number of carbonyl (C=O) groups is 1. The Morgan fingerprint density at radius 1 is 1.48 bits per heavy atom. The number of piperazine rings is 1. The fourth-order valence-corrected chi connectivity index (χ4v) is 2.36. The number of amides is 1. The molecule has 7 nitrogen and oxygen atoms in total. The lowest BCUT2D eigenvalue weighted by Crippen LogP contribution is -2.50. The van der Waals surface area contributed by atoms with Gasteiger partial charge in [-0.2, -0.15) is 0 Å². The van der Waals surface area contributed by atoms with E-state index in [0.717, 1.165) is 13.1 Å². The van der Waals surface area contributed by atoms with Gasteiger partial charge < -0.3 is 19.3 Å². The van der Waals surface area contributed by atoms with Crippen molar-refractivity contribution >= 4 is 5.91 Å². The maximum absolute atomic E-state index is 12.2. The first-order valence-corrected chi connectivity index (χ1v) is 7.31. The number of nitrogens with zero attached hydrogens (tertiary/aromatic N) is 3. The maximum atomic E-state index is 12.2. The molecule has 2 rings (SSSR count). The minimum atomic E-state index is -0.482. The summed E-state index contributed by atoms with van der Waals surface area (Å²) in [5.74, 6) is 0.169. The third kappa shape index (κ3) is 4.52. The van der Waals surface area contributed by atoms with Gasteiger partial charge in [0.05, 0.1) is 18.4 Å². The van der Waals surface area contributed by atoms with Crippen LogP contribution in [0.5, 0.6) is 0 Å². The Morgan fingerprint density at radius 2 is 2.19 bits per heavy atom. The molecule has 118 valence electrons. The van der Waals surface area contributed by atoms with E-state index < -0.39 is 6.10 Å². The minimum Gasteiger partial charge on any atom is -0.389 e. The smallest absolute Gasteiger partial charge is 0.292 e. The summed E-state index contributed by atoms with van der Waals surface area (Å²) >= 11 is 0. The Hall–Kier alpha value is -1.44. The molecular weight excluding hydrogens is 274 g/mol. The highest BCUT2D eigenvalue weighted by Gasteiger charge is 2.25. The van der Waals surface area contributed by atoms with E-state index in [1.807, 2.05) is 6.92 Å². The topological polar surface area (TPSA) is 79.0 Å². The summed E-state index contributed by atoms with van der Waals surface area (Å²) < 4.78 is 10.2. The molecule has 0 aromatic carbocycles. The molecule has 1 N–H and O–H groups in total. The van der Waals surface area contributed by atoms with Crippen LogP contribution < -0.4 is 0 Å². The van der Waals surface area contributed by atoms with E-state index >= 15 is 0 Å². The Kier molecular flexibility index (Phi) is 5.72. The number of ether oxygens (including phenoxy) is 1. The molecule has 21 heavy (non-hydrogen) atoms. The zero-order chi connectivity index (χ0) is 15.2. The monoisotopic (exact) mass is 297 g/mol. The number of rotatable bonds is 6. The van der Waals surface area contributed by atoms with Crippen molar-refractivity contribution in [2.75, 3.05) is 45.9 Å². The van der Waals surface area contributed by atoms with Gasteiger partial charge in [-0.3, -0.25) is 9.69 Å². The van der Waals surface area contributed by atoms with Crippen LogP contribution in [0.1, 0.15) is 23.2 Å². The average Bonchev–Trinajstić information content (AvgIpc) is 2.92. The lowest BCUT2D eigenvalue weighted by Gasteiger charge is -2.35. The standard InChI is InChI=1S/C14H23N3O4/c1-3-20-10-12(18)9-16-4-6-17(7-5-16)14(19)13-8-11(2)15-21-13/h8,12,18H,3-7,9-10H2,1-2H3. The molecule has 1 atom stereocenters. The van der Waals surface area contributed by atoms with Gasteiger partial charge in [-0.25, -0.2) is 0 Å². The number of aliphatic hydroxyl groups is 1.